The van der Waals surface area contributed by atoms with Gasteiger partial charge in [0, 0.05) is 18.8 Å². The molecule has 1 aliphatic heterocycles. The molecule has 1 N–H and O–H groups in total. The van der Waals surface area contributed by atoms with Crippen molar-refractivity contribution in [3.8, 4) is 0 Å². The largest absolute Gasteiger partial charge is 0.481 e. The molecule has 2 rings (SSSR count). The number of nitrogens with zero attached hydrogens (tertiary/aromatic N) is 3. The number of aromatic nitrogens is 2. The van der Waals surface area contributed by atoms with Crippen LogP contribution in [0.25, 0.3) is 0 Å². The summed E-state index contributed by atoms with van der Waals surface area (Å²) in [5.41, 5.74) is 0. The van der Waals surface area contributed by atoms with Gasteiger partial charge in [-0.05, 0) is 19.8 Å². The van der Waals surface area contributed by atoms with Gasteiger partial charge in [-0.15, -0.1) is 0 Å². The van der Waals surface area contributed by atoms with Crippen molar-refractivity contribution in [2.24, 2.45) is 5.92 Å². The number of carboxylic acids is 1. The van der Waals surface area contributed by atoms with E-state index in [-0.39, 0.29) is 24.0 Å². The van der Waals surface area contributed by atoms with Crippen LogP contribution in [0.1, 0.15) is 19.8 Å². The third-order valence-corrected chi connectivity index (χ3v) is 5.84. The Kier molecular flexibility index (Phi) is 5.05. The molecule has 1 saturated heterocycles. The van der Waals surface area contributed by atoms with E-state index in [0.29, 0.717) is 12.8 Å². The van der Waals surface area contributed by atoms with E-state index in [2.05, 4.69) is 9.84 Å². The summed E-state index contributed by atoms with van der Waals surface area (Å²) < 4.78 is 32.3. The topological polar surface area (TPSA) is 119 Å². The predicted molar refractivity (Wildman–Crippen MR) is 78.0 cm³/mol. The van der Waals surface area contributed by atoms with Gasteiger partial charge in [0.15, 0.2) is 0 Å². The molecule has 2 heterocycles. The number of hydrogen-bond donors (Lipinski definition) is 1. The van der Waals surface area contributed by atoms with Crippen molar-refractivity contribution < 1.29 is 27.9 Å². The van der Waals surface area contributed by atoms with Gasteiger partial charge < -0.3 is 9.84 Å². The normalized spacial score (nSPS) is 22.7. The number of carboxylic acid groups (broad SMARTS) is 1. The molecular weight excluding hydrogens is 326 g/mol. The first-order chi connectivity index (χ1) is 10.8. The van der Waals surface area contributed by atoms with Gasteiger partial charge in [0.2, 0.25) is 10.0 Å². The van der Waals surface area contributed by atoms with E-state index >= 15 is 0 Å². The second-order valence-electron chi connectivity index (χ2n) is 5.49. The summed E-state index contributed by atoms with van der Waals surface area (Å²) in [5.74, 6) is -2.26. The lowest BCUT2D eigenvalue weighted by atomic mass is 9.96. The maximum Gasteiger partial charge on any atom is 0.327 e. The van der Waals surface area contributed by atoms with E-state index in [0.717, 1.165) is 6.20 Å². The second-order valence-corrected chi connectivity index (χ2v) is 7.38. The maximum atomic E-state index is 12.7. The van der Waals surface area contributed by atoms with Crippen molar-refractivity contribution in [1.29, 1.82) is 0 Å². The van der Waals surface area contributed by atoms with Crippen molar-refractivity contribution in [3.63, 3.8) is 0 Å². The van der Waals surface area contributed by atoms with E-state index in [1.807, 2.05) is 0 Å². The van der Waals surface area contributed by atoms with Crippen LogP contribution in [0.15, 0.2) is 17.3 Å². The van der Waals surface area contributed by atoms with Crippen LogP contribution >= 0.6 is 0 Å². The third-order valence-electron chi connectivity index (χ3n) is 3.91. The smallest absolute Gasteiger partial charge is 0.327 e. The molecule has 9 nitrogen and oxygen atoms in total. The van der Waals surface area contributed by atoms with E-state index in [9.17, 15) is 18.0 Å². The molecular formula is C13H19N3O6S. The molecule has 2 atom stereocenters. The van der Waals surface area contributed by atoms with E-state index in [1.54, 1.807) is 6.92 Å². The first-order valence-electron chi connectivity index (χ1n) is 7.09. The van der Waals surface area contributed by atoms with Crippen LogP contribution in [0, 0.1) is 5.92 Å². The average Bonchev–Trinajstić information content (AvgIpc) is 2.96. The minimum atomic E-state index is -3.86. The quantitative estimate of drug-likeness (QED) is 0.742. The molecule has 2 unspecified atom stereocenters. The number of hydrogen-bond acceptors (Lipinski definition) is 6. The monoisotopic (exact) mass is 345 g/mol. The highest BCUT2D eigenvalue weighted by Gasteiger charge is 2.38. The molecule has 0 aromatic carbocycles. The zero-order chi connectivity index (χ0) is 17.2. The molecule has 0 radical (unpaired) electrons. The fourth-order valence-electron chi connectivity index (χ4n) is 2.51. The molecule has 1 aromatic heterocycles. The van der Waals surface area contributed by atoms with E-state index in [1.165, 1.54) is 22.3 Å². The highest BCUT2D eigenvalue weighted by molar-refractivity contribution is 7.89. The summed E-state index contributed by atoms with van der Waals surface area (Å²) in [7, 11) is -2.64. The fraction of sp³-hybridized carbons (Fsp3) is 0.615. The van der Waals surface area contributed by atoms with Crippen LogP contribution in [0.5, 0.6) is 0 Å². The van der Waals surface area contributed by atoms with Crippen LogP contribution in [0.3, 0.4) is 0 Å². The zero-order valence-corrected chi connectivity index (χ0v) is 13.7. The number of piperidine rings is 1. The van der Waals surface area contributed by atoms with Gasteiger partial charge in [0.25, 0.3) is 0 Å². The number of aliphatic carboxylic acids is 1. The lowest BCUT2D eigenvalue weighted by Crippen LogP contribution is -2.47. The standard InChI is InChI=1S/C13H19N3O6S/c1-9-3-4-10(13(18)19)6-16(9)23(20,21)11-5-14-15(7-11)8-12(17)22-2/h5,7,9-10H,3-4,6,8H2,1-2H3,(H,18,19). The summed E-state index contributed by atoms with van der Waals surface area (Å²) in [6.07, 6.45) is 3.31. The molecule has 23 heavy (non-hydrogen) atoms. The Morgan fingerprint density at radius 1 is 1.43 bits per heavy atom. The summed E-state index contributed by atoms with van der Waals surface area (Å²) in [6.45, 7) is 1.48. The van der Waals surface area contributed by atoms with Crippen molar-refractivity contribution in [2.75, 3.05) is 13.7 Å². The number of sulfonamides is 1. The highest BCUT2D eigenvalue weighted by atomic mass is 32.2. The molecule has 0 aliphatic carbocycles. The summed E-state index contributed by atoms with van der Waals surface area (Å²) in [5, 5.41) is 13.0. The Hall–Kier alpha value is -1.94. The molecule has 1 aromatic rings. The first kappa shape index (κ1) is 17.4. The SMILES string of the molecule is COC(=O)Cn1cc(S(=O)(=O)N2CC(C(=O)O)CCC2C)cn1. The number of carbonyl (C=O) groups is 2. The highest BCUT2D eigenvalue weighted by Crippen LogP contribution is 2.28. The van der Waals surface area contributed by atoms with Gasteiger partial charge in [-0.25, -0.2) is 8.42 Å². The van der Waals surface area contributed by atoms with Crippen LogP contribution in [0.2, 0.25) is 0 Å². The van der Waals surface area contributed by atoms with Gasteiger partial charge in [0.1, 0.15) is 11.4 Å². The third kappa shape index (κ3) is 3.70. The molecule has 1 aliphatic rings. The molecule has 1 fully saturated rings. The number of methoxy groups -OCH3 is 1. The summed E-state index contributed by atoms with van der Waals surface area (Å²) in [6, 6.07) is -0.292. The van der Waals surface area contributed by atoms with Crippen molar-refractivity contribution >= 4 is 22.0 Å². The Morgan fingerprint density at radius 2 is 2.13 bits per heavy atom. The lowest BCUT2D eigenvalue weighted by molar-refractivity contribution is -0.143. The Bertz CT molecular complexity index is 698. The Labute approximate surface area is 133 Å². The lowest BCUT2D eigenvalue weighted by Gasteiger charge is -2.34. The summed E-state index contributed by atoms with van der Waals surface area (Å²) in [4.78, 5) is 22.3. The van der Waals surface area contributed by atoms with Gasteiger partial charge in [-0.3, -0.25) is 14.3 Å². The molecule has 10 heteroatoms. The molecule has 0 amide bonds. The number of esters is 1. The molecule has 0 saturated carbocycles. The van der Waals surface area contributed by atoms with Gasteiger partial charge >= 0.3 is 11.9 Å². The van der Waals surface area contributed by atoms with Crippen molar-refractivity contribution in [2.45, 2.75) is 37.2 Å². The van der Waals surface area contributed by atoms with Crippen molar-refractivity contribution in [1.82, 2.24) is 14.1 Å². The number of ether oxygens (including phenoxy) is 1. The Balaban J connectivity index is 2.23. The fourth-order valence-corrected chi connectivity index (χ4v) is 4.17. The van der Waals surface area contributed by atoms with Crippen LogP contribution in [-0.2, 0) is 30.9 Å². The molecule has 128 valence electrons. The minimum Gasteiger partial charge on any atom is -0.481 e. The predicted octanol–water partition coefficient (Wildman–Crippen LogP) is -0.0701. The van der Waals surface area contributed by atoms with Crippen molar-refractivity contribution in [3.05, 3.63) is 12.4 Å². The van der Waals surface area contributed by atoms with Gasteiger partial charge in [0.05, 0.1) is 19.2 Å². The van der Waals surface area contributed by atoms with E-state index in [4.69, 9.17) is 5.11 Å². The average molecular weight is 345 g/mol. The maximum absolute atomic E-state index is 12.7. The van der Waals surface area contributed by atoms with Gasteiger partial charge in [-0.2, -0.15) is 9.40 Å². The first-order valence-corrected chi connectivity index (χ1v) is 8.53. The summed E-state index contributed by atoms with van der Waals surface area (Å²) >= 11 is 0. The number of carbonyl (C=O) groups excluding carboxylic acids is 1. The van der Waals surface area contributed by atoms with Crippen LogP contribution < -0.4 is 0 Å². The Morgan fingerprint density at radius 3 is 2.74 bits per heavy atom. The van der Waals surface area contributed by atoms with Crippen LogP contribution in [-0.4, -0.2) is 59.2 Å². The van der Waals surface area contributed by atoms with E-state index < -0.39 is 27.9 Å². The molecule has 0 spiro atoms. The number of rotatable bonds is 5. The second kappa shape index (κ2) is 6.67. The van der Waals surface area contributed by atoms with Gasteiger partial charge in [-0.1, -0.05) is 0 Å². The van der Waals surface area contributed by atoms with Crippen LogP contribution in [0.4, 0.5) is 0 Å². The zero-order valence-electron chi connectivity index (χ0n) is 12.9. The molecule has 0 bridgehead atoms. The minimum absolute atomic E-state index is 0.0684.